The largest absolute Gasteiger partial charge is 0.489 e. The highest BCUT2D eigenvalue weighted by Gasteiger charge is 2.09. The van der Waals surface area contributed by atoms with Crippen LogP contribution in [0.4, 0.5) is 0 Å². The number of aliphatic carboxylic acids is 1. The van der Waals surface area contributed by atoms with Crippen molar-refractivity contribution in [1.82, 2.24) is 4.98 Å². The summed E-state index contributed by atoms with van der Waals surface area (Å²) in [5, 5.41) is 12.9. The van der Waals surface area contributed by atoms with Gasteiger partial charge >= 0.3 is 5.97 Å². The molecular weight excluding hydrogens is 368 g/mol. The van der Waals surface area contributed by atoms with Crippen molar-refractivity contribution in [2.75, 3.05) is 7.11 Å². The van der Waals surface area contributed by atoms with Crippen LogP contribution >= 0.6 is 0 Å². The van der Waals surface area contributed by atoms with Gasteiger partial charge in [-0.1, -0.05) is 35.5 Å². The number of carboxylic acid groups (broad SMARTS) is 1. The average molecular weight is 390 g/mol. The first-order valence-electron chi connectivity index (χ1n) is 9.20. The van der Waals surface area contributed by atoms with Gasteiger partial charge in [-0.2, -0.15) is 0 Å². The highest BCUT2D eigenvalue weighted by molar-refractivity contribution is 6.12. The highest BCUT2D eigenvalue weighted by atomic mass is 16.6. The second-order valence-electron chi connectivity index (χ2n) is 6.39. The summed E-state index contributed by atoms with van der Waals surface area (Å²) in [6, 6.07) is 19.2. The number of hydrogen-bond acceptors (Lipinski definition) is 5. The van der Waals surface area contributed by atoms with Crippen LogP contribution in [-0.4, -0.2) is 28.9 Å². The van der Waals surface area contributed by atoms with Crippen molar-refractivity contribution in [3.05, 3.63) is 95.3 Å². The van der Waals surface area contributed by atoms with E-state index in [2.05, 4.69) is 10.1 Å². The van der Waals surface area contributed by atoms with Gasteiger partial charge in [0.15, 0.2) is 0 Å². The zero-order valence-electron chi connectivity index (χ0n) is 16.1. The Balaban J connectivity index is 1.68. The van der Waals surface area contributed by atoms with Gasteiger partial charge in [0.2, 0.25) is 0 Å². The van der Waals surface area contributed by atoms with E-state index in [0.717, 1.165) is 28.0 Å². The molecule has 0 amide bonds. The minimum atomic E-state index is -0.798. The van der Waals surface area contributed by atoms with Gasteiger partial charge in [-0.25, -0.2) is 0 Å². The number of nitrogens with zero attached hydrogens (tertiary/aromatic N) is 2. The predicted octanol–water partition coefficient (Wildman–Crippen LogP) is 4.08. The molecule has 0 saturated heterocycles. The standard InChI is InChI=1S/C23H22N2O4/c1-28-25-23(20-6-3-13-24-15-20)19-5-2-4-18(14-19)16-29-21-10-7-17(8-11-21)9-12-22(26)27/h2-8,10-11,13-15H,9,12,16H2,1H3,(H,26,27)/b25-23+. The summed E-state index contributed by atoms with van der Waals surface area (Å²) in [6.45, 7) is 0.398. The van der Waals surface area contributed by atoms with Crippen LogP contribution in [0, 0.1) is 0 Å². The van der Waals surface area contributed by atoms with Crippen molar-refractivity contribution < 1.29 is 19.5 Å². The highest BCUT2D eigenvalue weighted by Crippen LogP contribution is 2.17. The Morgan fingerprint density at radius 1 is 1.03 bits per heavy atom. The molecule has 0 fully saturated rings. The Morgan fingerprint density at radius 2 is 1.83 bits per heavy atom. The number of rotatable bonds is 9. The van der Waals surface area contributed by atoms with Gasteiger partial charge in [-0.3, -0.25) is 9.78 Å². The van der Waals surface area contributed by atoms with E-state index < -0.39 is 5.97 Å². The number of benzene rings is 2. The summed E-state index contributed by atoms with van der Waals surface area (Å²) in [6.07, 6.45) is 4.08. The Labute approximate surface area is 169 Å². The Hall–Kier alpha value is -3.67. The first-order chi connectivity index (χ1) is 14.2. The van der Waals surface area contributed by atoms with Gasteiger partial charge < -0.3 is 14.7 Å². The van der Waals surface area contributed by atoms with Gasteiger partial charge in [0.25, 0.3) is 0 Å². The Bertz CT molecular complexity index is 970. The van der Waals surface area contributed by atoms with Gasteiger partial charge in [-0.15, -0.1) is 0 Å². The van der Waals surface area contributed by atoms with Crippen LogP contribution in [-0.2, 0) is 22.7 Å². The first-order valence-corrected chi connectivity index (χ1v) is 9.20. The normalized spacial score (nSPS) is 11.1. The average Bonchev–Trinajstić information content (AvgIpc) is 2.76. The number of ether oxygens (including phenoxy) is 1. The van der Waals surface area contributed by atoms with E-state index in [4.69, 9.17) is 14.7 Å². The van der Waals surface area contributed by atoms with Gasteiger partial charge in [0.1, 0.15) is 25.2 Å². The number of aromatic nitrogens is 1. The summed E-state index contributed by atoms with van der Waals surface area (Å²) < 4.78 is 5.87. The molecule has 1 heterocycles. The zero-order chi connectivity index (χ0) is 20.5. The van der Waals surface area contributed by atoms with Crippen molar-refractivity contribution in [2.45, 2.75) is 19.4 Å². The summed E-state index contributed by atoms with van der Waals surface area (Å²) >= 11 is 0. The third-order valence-corrected chi connectivity index (χ3v) is 4.27. The van der Waals surface area contributed by atoms with Crippen molar-refractivity contribution in [2.24, 2.45) is 5.16 Å². The van der Waals surface area contributed by atoms with Crippen molar-refractivity contribution in [3.63, 3.8) is 0 Å². The second-order valence-corrected chi connectivity index (χ2v) is 6.39. The van der Waals surface area contributed by atoms with Crippen molar-refractivity contribution >= 4 is 11.7 Å². The maximum Gasteiger partial charge on any atom is 0.303 e. The van der Waals surface area contributed by atoms with E-state index in [1.165, 1.54) is 7.11 Å². The second kappa shape index (κ2) is 10.0. The van der Waals surface area contributed by atoms with Crippen LogP contribution in [0.25, 0.3) is 0 Å². The lowest BCUT2D eigenvalue weighted by Crippen LogP contribution is -2.06. The van der Waals surface area contributed by atoms with E-state index in [1.807, 2.05) is 60.7 Å². The summed E-state index contributed by atoms with van der Waals surface area (Å²) in [5.74, 6) is -0.0691. The third-order valence-electron chi connectivity index (χ3n) is 4.27. The predicted molar refractivity (Wildman–Crippen MR) is 110 cm³/mol. The monoisotopic (exact) mass is 390 g/mol. The van der Waals surface area contributed by atoms with Gasteiger partial charge in [0.05, 0.1) is 0 Å². The van der Waals surface area contributed by atoms with Crippen LogP contribution in [0.3, 0.4) is 0 Å². The van der Waals surface area contributed by atoms with Crippen LogP contribution in [0.15, 0.2) is 78.2 Å². The van der Waals surface area contributed by atoms with Gasteiger partial charge in [0, 0.05) is 29.9 Å². The smallest absolute Gasteiger partial charge is 0.303 e. The molecule has 6 heteroatoms. The molecule has 3 aromatic rings. The van der Waals surface area contributed by atoms with Crippen LogP contribution in [0.5, 0.6) is 5.75 Å². The molecule has 0 unspecified atom stereocenters. The summed E-state index contributed by atoms with van der Waals surface area (Å²) in [7, 11) is 1.52. The molecule has 1 N–H and O–H groups in total. The lowest BCUT2D eigenvalue weighted by atomic mass is 10.0. The quantitative estimate of drug-likeness (QED) is 0.440. The van der Waals surface area contributed by atoms with E-state index in [-0.39, 0.29) is 6.42 Å². The van der Waals surface area contributed by atoms with E-state index in [1.54, 1.807) is 12.4 Å². The number of aryl methyl sites for hydroxylation is 1. The molecule has 148 valence electrons. The third kappa shape index (κ3) is 5.90. The minimum absolute atomic E-state index is 0.120. The van der Waals surface area contributed by atoms with Crippen LogP contribution < -0.4 is 4.74 Å². The lowest BCUT2D eigenvalue weighted by molar-refractivity contribution is -0.136. The maximum atomic E-state index is 10.7. The van der Waals surface area contributed by atoms with Crippen LogP contribution in [0.1, 0.15) is 28.7 Å². The topological polar surface area (TPSA) is 81.0 Å². The fourth-order valence-corrected chi connectivity index (χ4v) is 2.84. The first kappa shape index (κ1) is 20.1. The number of pyridine rings is 1. The fraction of sp³-hybridized carbons (Fsp3) is 0.174. The number of hydrogen-bond donors (Lipinski definition) is 1. The van der Waals surface area contributed by atoms with E-state index in [0.29, 0.717) is 18.7 Å². The van der Waals surface area contributed by atoms with Crippen LogP contribution in [0.2, 0.25) is 0 Å². The SMILES string of the molecule is CO/N=C(/c1cccnc1)c1cccc(COc2ccc(CCC(=O)O)cc2)c1. The molecule has 0 atom stereocenters. The molecule has 0 aliphatic carbocycles. The Kier molecular flexibility index (Phi) is 6.95. The van der Waals surface area contributed by atoms with Crippen molar-refractivity contribution in [1.29, 1.82) is 0 Å². The fourth-order valence-electron chi connectivity index (χ4n) is 2.84. The molecule has 0 aliphatic rings. The van der Waals surface area contributed by atoms with E-state index >= 15 is 0 Å². The molecule has 3 rings (SSSR count). The molecule has 0 bridgehead atoms. The molecular formula is C23H22N2O4. The summed E-state index contributed by atoms with van der Waals surface area (Å²) in [4.78, 5) is 19.8. The number of carbonyl (C=O) groups is 1. The Morgan fingerprint density at radius 3 is 2.52 bits per heavy atom. The lowest BCUT2D eigenvalue weighted by Gasteiger charge is -2.10. The molecule has 0 spiro atoms. The zero-order valence-corrected chi connectivity index (χ0v) is 16.1. The molecule has 0 saturated carbocycles. The van der Waals surface area contributed by atoms with Gasteiger partial charge in [-0.05, 0) is 47.9 Å². The maximum absolute atomic E-state index is 10.7. The minimum Gasteiger partial charge on any atom is -0.489 e. The number of carboxylic acids is 1. The molecule has 6 nitrogen and oxygen atoms in total. The van der Waals surface area contributed by atoms with Crippen molar-refractivity contribution in [3.8, 4) is 5.75 Å². The molecule has 0 aliphatic heterocycles. The van der Waals surface area contributed by atoms with E-state index in [9.17, 15) is 4.79 Å². The number of oxime groups is 1. The molecule has 2 aromatic carbocycles. The summed E-state index contributed by atoms with van der Waals surface area (Å²) in [5.41, 5.74) is 4.43. The molecule has 29 heavy (non-hydrogen) atoms. The molecule has 1 aromatic heterocycles. The molecule has 0 radical (unpaired) electrons.